The van der Waals surface area contributed by atoms with E-state index in [1.807, 2.05) is 0 Å². The van der Waals surface area contributed by atoms with E-state index in [0.29, 0.717) is 5.56 Å². The third-order valence-corrected chi connectivity index (χ3v) is 2.30. The van der Waals surface area contributed by atoms with Crippen LogP contribution in [-0.2, 0) is 4.74 Å². The van der Waals surface area contributed by atoms with Crippen molar-refractivity contribution in [2.24, 2.45) is 0 Å². The molecule has 0 unspecified atom stereocenters. The first-order valence-electron chi connectivity index (χ1n) is 3.83. The van der Waals surface area contributed by atoms with Crippen LogP contribution in [0.5, 0.6) is 0 Å². The summed E-state index contributed by atoms with van der Waals surface area (Å²) in [4.78, 5) is 11.4. The molecule has 0 bridgehead atoms. The molecule has 14 heavy (non-hydrogen) atoms. The first-order valence-corrected chi connectivity index (χ1v) is 4.58. The molecule has 5 heteroatoms. The molecule has 0 spiro atoms. The normalized spacial score (nSPS) is 10.2. The molecule has 0 radical (unpaired) electrons. The number of ether oxygens (including phenoxy) is 1. The van der Waals surface area contributed by atoms with Crippen LogP contribution in [0.3, 0.4) is 0 Å². The molecule has 0 aliphatic rings. The second-order valence-corrected chi connectivity index (χ2v) is 3.52. The molecule has 0 fully saturated rings. The topological polar surface area (TPSA) is 52.3 Å². The van der Waals surface area contributed by atoms with Crippen LogP contribution in [-0.4, -0.2) is 19.5 Å². The minimum absolute atomic E-state index is 0.00340. The lowest BCUT2D eigenvalue weighted by atomic mass is 10.1. The third-order valence-electron chi connectivity index (χ3n) is 1.68. The fourth-order valence-electron chi connectivity index (χ4n) is 0.960. The van der Waals surface area contributed by atoms with Gasteiger partial charge in [0.15, 0.2) is 5.78 Å². The second-order valence-electron chi connectivity index (χ2n) is 2.71. The number of carbonyl (C=O) groups is 1. The van der Waals surface area contributed by atoms with Gasteiger partial charge < -0.3 is 10.5 Å². The summed E-state index contributed by atoms with van der Waals surface area (Å²) in [5.74, 6) is -0.184. The van der Waals surface area contributed by atoms with Crippen molar-refractivity contribution in [2.45, 2.75) is 0 Å². The molecular weight excluding hydrogens is 225 g/mol. The number of hydrogen-bond acceptors (Lipinski definition) is 3. The highest BCUT2D eigenvalue weighted by atomic mass is 35.5. The first-order chi connectivity index (χ1) is 6.56. The molecule has 76 valence electrons. The molecule has 0 aliphatic carbocycles. The monoisotopic (exact) mass is 233 g/mol. The molecule has 1 aromatic rings. The minimum Gasteiger partial charge on any atom is -0.396 e. The standard InChI is InChI=1S/C9H9Cl2NO2/c1-14-4-8(13)5-2-6(10)9(12)7(11)3-5/h2-3H,4,12H2,1H3. The molecule has 0 aliphatic heterocycles. The van der Waals surface area contributed by atoms with Gasteiger partial charge in [-0.3, -0.25) is 4.79 Å². The van der Waals surface area contributed by atoms with E-state index >= 15 is 0 Å². The van der Waals surface area contributed by atoms with Gasteiger partial charge in [-0.25, -0.2) is 0 Å². The van der Waals surface area contributed by atoms with Crippen LogP contribution in [0.1, 0.15) is 10.4 Å². The van der Waals surface area contributed by atoms with Gasteiger partial charge in [0.25, 0.3) is 0 Å². The molecule has 3 nitrogen and oxygen atoms in total. The molecular formula is C9H9Cl2NO2. The molecule has 0 saturated heterocycles. The zero-order chi connectivity index (χ0) is 10.7. The summed E-state index contributed by atoms with van der Waals surface area (Å²) < 4.78 is 4.70. The summed E-state index contributed by atoms with van der Waals surface area (Å²) in [5.41, 5.74) is 6.20. The summed E-state index contributed by atoms with van der Waals surface area (Å²) in [6.45, 7) is -0.00340. The Bertz CT molecular complexity index is 343. The number of halogens is 2. The summed E-state index contributed by atoms with van der Waals surface area (Å²) in [5, 5.41) is 0.550. The molecule has 2 N–H and O–H groups in total. The van der Waals surface area contributed by atoms with Gasteiger partial charge in [-0.05, 0) is 12.1 Å². The average Bonchev–Trinajstić information content (AvgIpc) is 2.13. The highest BCUT2D eigenvalue weighted by Gasteiger charge is 2.10. The summed E-state index contributed by atoms with van der Waals surface area (Å²) in [6.07, 6.45) is 0. The molecule has 1 aromatic carbocycles. The van der Waals surface area contributed by atoms with Gasteiger partial charge in [-0.2, -0.15) is 0 Å². The number of anilines is 1. The lowest BCUT2D eigenvalue weighted by Gasteiger charge is -2.04. The maximum Gasteiger partial charge on any atom is 0.188 e. The van der Waals surface area contributed by atoms with Gasteiger partial charge in [0.2, 0.25) is 0 Å². The van der Waals surface area contributed by atoms with Gasteiger partial charge in [-0.15, -0.1) is 0 Å². The van der Waals surface area contributed by atoms with Gasteiger partial charge in [0.05, 0.1) is 15.7 Å². The van der Waals surface area contributed by atoms with Gasteiger partial charge in [-0.1, -0.05) is 23.2 Å². The van der Waals surface area contributed by atoms with Crippen LogP contribution in [0.25, 0.3) is 0 Å². The number of nitrogen functional groups attached to an aromatic ring is 1. The van der Waals surface area contributed by atoms with Crippen LogP contribution in [0.4, 0.5) is 5.69 Å². The van der Waals surface area contributed by atoms with Crippen LogP contribution in [0.15, 0.2) is 12.1 Å². The Hall–Kier alpha value is -0.770. The molecule has 0 atom stereocenters. The highest BCUT2D eigenvalue weighted by molar-refractivity contribution is 6.39. The van der Waals surface area contributed by atoms with E-state index in [9.17, 15) is 4.79 Å². The molecule has 0 amide bonds. The van der Waals surface area contributed by atoms with E-state index < -0.39 is 0 Å². The quantitative estimate of drug-likeness (QED) is 0.645. The number of nitrogens with two attached hydrogens (primary N) is 1. The first kappa shape index (κ1) is 11.3. The average molecular weight is 234 g/mol. The Kier molecular flexibility index (Phi) is 3.75. The smallest absolute Gasteiger partial charge is 0.188 e. The summed E-state index contributed by atoms with van der Waals surface area (Å²) >= 11 is 11.5. The predicted octanol–water partition coefficient (Wildman–Crippen LogP) is 2.40. The van der Waals surface area contributed by atoms with Crippen molar-refractivity contribution in [1.82, 2.24) is 0 Å². The molecule has 0 saturated carbocycles. The third kappa shape index (κ3) is 2.38. The van der Waals surface area contributed by atoms with Crippen LogP contribution < -0.4 is 5.73 Å². The highest BCUT2D eigenvalue weighted by Crippen LogP contribution is 2.28. The van der Waals surface area contributed by atoms with Crippen molar-refractivity contribution < 1.29 is 9.53 Å². The van der Waals surface area contributed by atoms with E-state index in [2.05, 4.69) is 0 Å². The summed E-state index contributed by atoms with van der Waals surface area (Å²) in [7, 11) is 1.44. The van der Waals surface area contributed by atoms with Gasteiger partial charge >= 0.3 is 0 Å². The number of benzene rings is 1. The van der Waals surface area contributed by atoms with Crippen LogP contribution >= 0.6 is 23.2 Å². The van der Waals surface area contributed by atoms with Crippen molar-refractivity contribution in [3.63, 3.8) is 0 Å². The Labute approximate surface area is 91.7 Å². The van der Waals surface area contributed by atoms with E-state index in [0.717, 1.165) is 0 Å². The SMILES string of the molecule is COCC(=O)c1cc(Cl)c(N)c(Cl)c1. The Morgan fingerprint density at radius 2 is 1.93 bits per heavy atom. The van der Waals surface area contributed by atoms with Crippen molar-refractivity contribution in [1.29, 1.82) is 0 Å². The number of hydrogen-bond donors (Lipinski definition) is 1. The van der Waals surface area contributed by atoms with Crippen molar-refractivity contribution in [3.05, 3.63) is 27.7 Å². The maximum atomic E-state index is 11.4. The zero-order valence-electron chi connectivity index (χ0n) is 7.51. The van der Waals surface area contributed by atoms with Crippen LogP contribution in [0, 0.1) is 0 Å². The number of methoxy groups -OCH3 is 1. The minimum atomic E-state index is -0.184. The zero-order valence-corrected chi connectivity index (χ0v) is 9.02. The lowest BCUT2D eigenvalue weighted by Crippen LogP contribution is -2.07. The number of rotatable bonds is 3. The molecule has 1 rings (SSSR count). The second kappa shape index (κ2) is 4.64. The fourth-order valence-corrected chi connectivity index (χ4v) is 1.45. The largest absolute Gasteiger partial charge is 0.396 e. The number of carbonyl (C=O) groups excluding carboxylic acids is 1. The maximum absolute atomic E-state index is 11.4. The number of Topliss-reactive ketones (excluding diaryl/α,β-unsaturated/α-hetero) is 1. The van der Waals surface area contributed by atoms with Crippen molar-refractivity contribution in [3.8, 4) is 0 Å². The Morgan fingerprint density at radius 3 is 2.36 bits per heavy atom. The Morgan fingerprint density at radius 1 is 1.43 bits per heavy atom. The Balaban J connectivity index is 3.06. The van der Waals surface area contributed by atoms with E-state index in [1.54, 1.807) is 0 Å². The van der Waals surface area contributed by atoms with E-state index in [1.165, 1.54) is 19.2 Å². The van der Waals surface area contributed by atoms with Crippen molar-refractivity contribution >= 4 is 34.7 Å². The van der Waals surface area contributed by atoms with Gasteiger partial charge in [0.1, 0.15) is 6.61 Å². The summed E-state index contributed by atoms with van der Waals surface area (Å²) in [6, 6.07) is 2.95. The number of ketones is 1. The van der Waals surface area contributed by atoms with Crippen LogP contribution in [0.2, 0.25) is 10.0 Å². The fraction of sp³-hybridized carbons (Fsp3) is 0.222. The van der Waals surface area contributed by atoms with E-state index in [-0.39, 0.29) is 28.1 Å². The van der Waals surface area contributed by atoms with Crippen molar-refractivity contribution in [2.75, 3.05) is 19.5 Å². The lowest BCUT2D eigenvalue weighted by molar-refractivity contribution is 0.0848. The molecule has 0 heterocycles. The van der Waals surface area contributed by atoms with E-state index in [4.69, 9.17) is 33.7 Å². The molecule has 0 aromatic heterocycles. The predicted molar refractivity (Wildman–Crippen MR) is 57.1 cm³/mol. The van der Waals surface area contributed by atoms with Gasteiger partial charge in [0, 0.05) is 12.7 Å².